The second-order valence-electron chi connectivity index (χ2n) is 4.24. The van der Waals surface area contributed by atoms with E-state index in [1.54, 1.807) is 0 Å². The molecule has 5 nitrogen and oxygen atoms in total. The summed E-state index contributed by atoms with van der Waals surface area (Å²) in [6.45, 7) is 1.10. The van der Waals surface area contributed by atoms with Crippen LogP contribution in [0, 0.1) is 0 Å². The van der Waals surface area contributed by atoms with Crippen LogP contribution in [0.4, 0.5) is 0 Å². The minimum atomic E-state index is -1.14. The zero-order chi connectivity index (χ0) is 10.3. The Hall–Kier alpha value is -0.200. The van der Waals surface area contributed by atoms with Crippen LogP contribution in [-0.4, -0.2) is 68.9 Å². The molecule has 4 N–H and O–H groups in total. The molecule has 0 aliphatic carbocycles. The lowest BCUT2D eigenvalue weighted by atomic mass is 9.86. The van der Waals surface area contributed by atoms with Gasteiger partial charge in [0.15, 0.2) is 0 Å². The molecule has 2 aliphatic heterocycles. The molecular formula is C9H17NO4. The Balaban J connectivity index is 2.14. The third kappa shape index (κ3) is 1.55. The van der Waals surface area contributed by atoms with Crippen molar-refractivity contribution in [3.8, 4) is 0 Å². The number of hydrogen-bond acceptors (Lipinski definition) is 5. The number of aliphatic hydroxyl groups excluding tert-OH is 4. The molecule has 0 radical (unpaired) electrons. The molecule has 2 rings (SSSR count). The van der Waals surface area contributed by atoms with Crippen molar-refractivity contribution in [1.82, 2.24) is 4.90 Å². The van der Waals surface area contributed by atoms with Gasteiger partial charge in [-0.2, -0.15) is 0 Å². The lowest BCUT2D eigenvalue weighted by Crippen LogP contribution is -2.66. The maximum absolute atomic E-state index is 9.70. The molecule has 0 bridgehead atoms. The van der Waals surface area contributed by atoms with Crippen LogP contribution in [0.5, 0.6) is 0 Å². The number of hydrogen-bond donors (Lipinski definition) is 4. The van der Waals surface area contributed by atoms with E-state index in [4.69, 9.17) is 0 Å². The molecule has 5 heteroatoms. The average Bonchev–Trinajstić information content (AvgIpc) is 2.14. The van der Waals surface area contributed by atoms with Crippen LogP contribution < -0.4 is 0 Å². The van der Waals surface area contributed by atoms with Crippen molar-refractivity contribution in [3.63, 3.8) is 0 Å². The minimum absolute atomic E-state index is 0.333. The summed E-state index contributed by atoms with van der Waals surface area (Å²) in [4.78, 5) is 1.86. The molecule has 2 heterocycles. The third-order valence-electron chi connectivity index (χ3n) is 3.28. The molecule has 0 amide bonds. The lowest BCUT2D eigenvalue weighted by Gasteiger charge is -2.48. The second-order valence-corrected chi connectivity index (χ2v) is 4.24. The van der Waals surface area contributed by atoms with E-state index in [1.807, 2.05) is 4.90 Å². The van der Waals surface area contributed by atoms with Crippen molar-refractivity contribution in [2.75, 3.05) is 13.1 Å². The highest BCUT2D eigenvalue weighted by Crippen LogP contribution is 2.27. The van der Waals surface area contributed by atoms with Gasteiger partial charge in [-0.05, 0) is 19.4 Å². The fraction of sp³-hybridized carbons (Fsp3) is 1.00. The Morgan fingerprint density at radius 2 is 1.64 bits per heavy atom. The molecule has 2 fully saturated rings. The fourth-order valence-electron chi connectivity index (χ4n) is 2.50. The van der Waals surface area contributed by atoms with Gasteiger partial charge >= 0.3 is 0 Å². The van der Waals surface area contributed by atoms with E-state index >= 15 is 0 Å². The second kappa shape index (κ2) is 3.75. The molecule has 2 saturated heterocycles. The summed E-state index contributed by atoms with van der Waals surface area (Å²) in [6.07, 6.45) is -2.17. The van der Waals surface area contributed by atoms with Crippen LogP contribution in [0.25, 0.3) is 0 Å². The summed E-state index contributed by atoms with van der Waals surface area (Å²) in [6, 6.07) is -0.415. The molecule has 82 valence electrons. The summed E-state index contributed by atoms with van der Waals surface area (Å²) < 4.78 is 0. The molecule has 5 atom stereocenters. The van der Waals surface area contributed by atoms with Crippen molar-refractivity contribution < 1.29 is 20.4 Å². The normalized spacial score (nSPS) is 50.1. The van der Waals surface area contributed by atoms with Crippen LogP contribution in [-0.2, 0) is 0 Å². The SMILES string of the molecule is O[C@@H]1[C@H](O)[C@H]2[C@H](O)CCCN2C[C@@H]1O. The van der Waals surface area contributed by atoms with Crippen LogP contribution in [0.2, 0.25) is 0 Å². The predicted molar refractivity (Wildman–Crippen MR) is 48.6 cm³/mol. The maximum Gasteiger partial charge on any atom is 0.109 e. The topological polar surface area (TPSA) is 84.2 Å². The zero-order valence-corrected chi connectivity index (χ0v) is 7.95. The van der Waals surface area contributed by atoms with Gasteiger partial charge < -0.3 is 20.4 Å². The molecule has 0 saturated carbocycles. The largest absolute Gasteiger partial charge is 0.391 e. The Kier molecular flexibility index (Phi) is 2.77. The first-order valence-corrected chi connectivity index (χ1v) is 5.07. The highest BCUT2D eigenvalue weighted by molar-refractivity contribution is 4.99. The van der Waals surface area contributed by atoms with E-state index in [-0.39, 0.29) is 0 Å². The Morgan fingerprint density at radius 3 is 2.36 bits per heavy atom. The van der Waals surface area contributed by atoms with Crippen LogP contribution in [0.1, 0.15) is 12.8 Å². The van der Waals surface area contributed by atoms with E-state index in [9.17, 15) is 20.4 Å². The van der Waals surface area contributed by atoms with Gasteiger partial charge in [-0.3, -0.25) is 4.90 Å². The summed E-state index contributed by atoms with van der Waals surface area (Å²) >= 11 is 0. The number of fused-ring (bicyclic) bond motifs is 1. The van der Waals surface area contributed by atoms with Crippen molar-refractivity contribution in [2.45, 2.75) is 43.3 Å². The van der Waals surface area contributed by atoms with Gasteiger partial charge in [-0.1, -0.05) is 0 Å². The minimum Gasteiger partial charge on any atom is -0.391 e. The van der Waals surface area contributed by atoms with Gasteiger partial charge in [0, 0.05) is 6.54 Å². The van der Waals surface area contributed by atoms with Crippen LogP contribution in [0.15, 0.2) is 0 Å². The summed E-state index contributed by atoms with van der Waals surface area (Å²) in [5.74, 6) is 0. The van der Waals surface area contributed by atoms with E-state index in [0.29, 0.717) is 13.0 Å². The smallest absolute Gasteiger partial charge is 0.109 e. The Labute approximate surface area is 82.6 Å². The molecule has 0 unspecified atom stereocenters. The standard InChI is InChI=1S/C9H17NO4/c11-5-2-1-3-10-4-6(12)8(13)9(14)7(5)10/h5-9,11-14H,1-4H2/t5-,6+,7-,8+,9-/m1/s1. The molecule has 0 aromatic carbocycles. The van der Waals surface area contributed by atoms with Gasteiger partial charge in [-0.25, -0.2) is 0 Å². The van der Waals surface area contributed by atoms with Gasteiger partial charge in [0.1, 0.15) is 12.2 Å². The molecular weight excluding hydrogens is 186 g/mol. The molecule has 14 heavy (non-hydrogen) atoms. The Morgan fingerprint density at radius 1 is 0.929 bits per heavy atom. The van der Waals surface area contributed by atoms with Crippen molar-refractivity contribution in [3.05, 3.63) is 0 Å². The molecule has 0 spiro atoms. The lowest BCUT2D eigenvalue weighted by molar-refractivity contribution is -0.169. The number of aliphatic hydroxyl groups is 4. The van der Waals surface area contributed by atoms with Crippen LogP contribution >= 0.6 is 0 Å². The first kappa shape index (κ1) is 10.3. The maximum atomic E-state index is 9.70. The van der Waals surface area contributed by atoms with Crippen molar-refractivity contribution >= 4 is 0 Å². The van der Waals surface area contributed by atoms with E-state index in [0.717, 1.165) is 13.0 Å². The van der Waals surface area contributed by atoms with E-state index in [1.165, 1.54) is 0 Å². The van der Waals surface area contributed by atoms with Crippen molar-refractivity contribution in [1.29, 1.82) is 0 Å². The highest BCUT2D eigenvalue weighted by Gasteiger charge is 2.45. The molecule has 0 aromatic heterocycles. The first-order valence-electron chi connectivity index (χ1n) is 5.07. The first-order chi connectivity index (χ1) is 6.61. The summed E-state index contributed by atoms with van der Waals surface area (Å²) in [5.41, 5.74) is 0. The number of nitrogens with zero attached hydrogens (tertiary/aromatic N) is 1. The van der Waals surface area contributed by atoms with Gasteiger partial charge in [0.2, 0.25) is 0 Å². The quantitative estimate of drug-likeness (QED) is 0.363. The zero-order valence-electron chi connectivity index (χ0n) is 7.95. The van der Waals surface area contributed by atoms with Gasteiger partial charge in [0.25, 0.3) is 0 Å². The van der Waals surface area contributed by atoms with E-state index < -0.39 is 30.5 Å². The predicted octanol–water partition coefficient (Wildman–Crippen LogP) is -2.09. The third-order valence-corrected chi connectivity index (χ3v) is 3.28. The monoisotopic (exact) mass is 203 g/mol. The van der Waals surface area contributed by atoms with Crippen molar-refractivity contribution in [2.24, 2.45) is 0 Å². The highest BCUT2D eigenvalue weighted by atomic mass is 16.4. The number of piperidine rings is 2. The summed E-state index contributed by atoms with van der Waals surface area (Å²) in [5, 5.41) is 38.3. The average molecular weight is 203 g/mol. The van der Waals surface area contributed by atoms with E-state index in [2.05, 4.69) is 0 Å². The van der Waals surface area contributed by atoms with Gasteiger partial charge in [-0.15, -0.1) is 0 Å². The van der Waals surface area contributed by atoms with Crippen LogP contribution in [0.3, 0.4) is 0 Å². The molecule has 2 aliphatic rings. The Bertz CT molecular complexity index is 211. The van der Waals surface area contributed by atoms with Gasteiger partial charge in [0.05, 0.1) is 18.2 Å². The summed E-state index contributed by atoms with van der Waals surface area (Å²) in [7, 11) is 0. The number of rotatable bonds is 0. The fourth-order valence-corrected chi connectivity index (χ4v) is 2.50. The molecule has 0 aromatic rings.